The van der Waals surface area contributed by atoms with Gasteiger partial charge in [-0.15, -0.1) is 9.24 Å². The van der Waals surface area contributed by atoms with Crippen molar-refractivity contribution in [3.05, 3.63) is 155 Å². The van der Waals surface area contributed by atoms with Crippen molar-refractivity contribution in [3.63, 3.8) is 0 Å². The van der Waals surface area contributed by atoms with Gasteiger partial charge in [-0.2, -0.15) is 8.78 Å². The zero-order chi connectivity index (χ0) is 44.3. The van der Waals surface area contributed by atoms with E-state index in [2.05, 4.69) is 47.4 Å². The molecule has 3 nitrogen and oxygen atoms in total. The van der Waals surface area contributed by atoms with Gasteiger partial charge in [0.05, 0.1) is 19.8 Å². The van der Waals surface area contributed by atoms with Crippen LogP contribution in [0.15, 0.2) is 109 Å². The Morgan fingerprint density at radius 2 is 0.754 bits per heavy atom. The molecule has 0 saturated heterocycles. The normalized spacial score (nSPS) is 10.6. The quantitative estimate of drug-likeness (QED) is 0.0551. The molecule has 0 heterocycles. The molecule has 0 aliphatic rings. The molecule has 0 saturated carbocycles. The van der Waals surface area contributed by atoms with Gasteiger partial charge in [0.1, 0.15) is 0 Å². The third kappa shape index (κ3) is 13.4. The van der Waals surface area contributed by atoms with Crippen LogP contribution in [0.3, 0.4) is 0 Å². The van der Waals surface area contributed by atoms with E-state index in [9.17, 15) is 22.0 Å². The van der Waals surface area contributed by atoms with Crippen molar-refractivity contribution in [2.45, 2.75) is 86.5 Å². The lowest BCUT2D eigenvalue weighted by Crippen LogP contribution is -2.07. The fraction of sp³-hybridized carbons (Fsp3) is 0.308. The lowest BCUT2D eigenvalue weighted by Gasteiger charge is -2.12. The van der Waals surface area contributed by atoms with Gasteiger partial charge < -0.3 is 14.2 Å². The average Bonchev–Trinajstić information content (AvgIpc) is 3.28. The Kier molecular flexibility index (Phi) is 19.8. The summed E-state index contributed by atoms with van der Waals surface area (Å²) in [4.78, 5) is 0. The molecule has 0 aromatic heterocycles. The van der Waals surface area contributed by atoms with E-state index < -0.39 is 23.3 Å². The molecule has 61 heavy (non-hydrogen) atoms. The van der Waals surface area contributed by atoms with Crippen molar-refractivity contribution in [1.82, 2.24) is 0 Å². The van der Waals surface area contributed by atoms with Crippen LogP contribution in [0.2, 0.25) is 0 Å². The first-order valence-electron chi connectivity index (χ1n) is 21.2. The largest absolute Gasteiger partial charge is 0.491 e. The maximum Gasteiger partial charge on any atom is 0.201 e. The first kappa shape index (κ1) is 48.5. The van der Waals surface area contributed by atoms with E-state index in [-0.39, 0.29) is 28.4 Å². The van der Waals surface area contributed by atoms with Crippen LogP contribution in [0.25, 0.3) is 33.4 Å². The van der Waals surface area contributed by atoms with Crippen molar-refractivity contribution in [3.8, 4) is 50.6 Å². The van der Waals surface area contributed by atoms with Crippen LogP contribution in [0, 0.1) is 29.1 Å². The highest BCUT2D eigenvalue weighted by atomic mass is 31.0. The zero-order valence-corrected chi connectivity index (χ0v) is 37.3. The number of hydrogen-bond acceptors (Lipinski definition) is 3. The summed E-state index contributed by atoms with van der Waals surface area (Å²) in [6.07, 6.45) is 7.80. The number of benzene rings is 6. The highest BCUT2D eigenvalue weighted by Crippen LogP contribution is 2.32. The number of unbranched alkanes of at least 4 members (excludes halogenated alkanes) is 2. The fourth-order valence-electron chi connectivity index (χ4n) is 6.62. The summed E-state index contributed by atoms with van der Waals surface area (Å²) in [5.41, 5.74) is 7.48. The first-order valence-corrected chi connectivity index (χ1v) is 21.8. The Morgan fingerprint density at radius 3 is 1.15 bits per heavy atom. The third-order valence-corrected chi connectivity index (χ3v) is 10.5. The lowest BCUT2D eigenvalue weighted by molar-refractivity contribution is 0.314. The Balaban J connectivity index is 0.000000202. The van der Waals surface area contributed by atoms with Gasteiger partial charge in [-0.05, 0) is 122 Å². The number of ether oxygens (including phenoxy) is 3. The minimum Gasteiger partial charge on any atom is -0.491 e. The van der Waals surface area contributed by atoms with Crippen LogP contribution in [-0.4, -0.2) is 19.8 Å². The molecule has 6 aromatic rings. The Hall–Kier alpha value is -5.20. The third-order valence-electron chi connectivity index (χ3n) is 9.95. The summed E-state index contributed by atoms with van der Waals surface area (Å²) >= 11 is 0. The van der Waals surface area contributed by atoms with Crippen molar-refractivity contribution >= 4 is 14.5 Å². The first-order chi connectivity index (χ1) is 29.5. The molecule has 1 atom stereocenters. The van der Waals surface area contributed by atoms with E-state index in [0.29, 0.717) is 42.0 Å². The van der Waals surface area contributed by atoms with E-state index in [1.807, 2.05) is 56.3 Å². The van der Waals surface area contributed by atoms with Gasteiger partial charge in [0.15, 0.2) is 34.7 Å². The van der Waals surface area contributed by atoms with Crippen LogP contribution >= 0.6 is 9.24 Å². The second-order valence-electron chi connectivity index (χ2n) is 14.3. The van der Waals surface area contributed by atoms with Gasteiger partial charge in [0.2, 0.25) is 11.6 Å². The molecule has 0 N–H and O–H groups in total. The van der Waals surface area contributed by atoms with Crippen molar-refractivity contribution < 1.29 is 36.2 Å². The average molecular weight is 857 g/mol. The predicted octanol–water partition coefficient (Wildman–Crippen LogP) is 14.7. The molecule has 0 aliphatic heterocycles. The highest BCUT2D eigenvalue weighted by Gasteiger charge is 2.17. The molecule has 1 unspecified atom stereocenters. The van der Waals surface area contributed by atoms with E-state index in [1.54, 1.807) is 44.2 Å². The monoisotopic (exact) mass is 856 g/mol. The van der Waals surface area contributed by atoms with Gasteiger partial charge in [0.25, 0.3) is 0 Å². The molecule has 9 heteroatoms. The zero-order valence-electron chi connectivity index (χ0n) is 36.2. The molecule has 0 radical (unpaired) electrons. The molecular formula is C52H58F5O3P. The standard InChI is InChI=1S/C19H24FOP.C17H18F2O.C16H16F2O/c1-3-5-6-7-14-8-10-15(11-9-14)16-12-13-17(21-4-2)18(20)19(16)22;1-3-5-12-6-8-13(9-7-12)14-10-11-15(20-4-2)17(19)16(14)18;1-3-11-5-7-12(8-6-11)13-9-10-14(19-4-2)16(18)15(13)17/h8-13H,3-7,22H2,1-2H3;6-11H,3-5H2,1-2H3;5-10H,3-4H2,1-2H3. The van der Waals surface area contributed by atoms with E-state index >= 15 is 0 Å². The van der Waals surface area contributed by atoms with Gasteiger partial charge in [0, 0.05) is 16.4 Å². The van der Waals surface area contributed by atoms with Gasteiger partial charge in [-0.25, -0.2) is 13.2 Å². The molecular weight excluding hydrogens is 799 g/mol. The number of hydrogen-bond donors (Lipinski definition) is 0. The van der Waals surface area contributed by atoms with Crippen LogP contribution in [-0.2, 0) is 19.3 Å². The number of halogens is 5. The van der Waals surface area contributed by atoms with E-state index in [1.165, 1.54) is 42.5 Å². The Morgan fingerprint density at radius 1 is 0.377 bits per heavy atom. The Bertz CT molecular complexity index is 2260. The summed E-state index contributed by atoms with van der Waals surface area (Å²) in [6.45, 7) is 12.8. The van der Waals surface area contributed by atoms with Gasteiger partial charge in [-0.3, -0.25) is 0 Å². The van der Waals surface area contributed by atoms with Crippen molar-refractivity contribution in [2.24, 2.45) is 0 Å². The molecule has 0 spiro atoms. The topological polar surface area (TPSA) is 27.7 Å². The summed E-state index contributed by atoms with van der Waals surface area (Å²) in [7, 11) is 2.49. The SMILES string of the molecule is CCCCCc1ccc(-c2ccc(OCC)c(F)c2P)cc1.CCCc1ccc(-c2ccc(OCC)c(F)c2F)cc1.CCOc1ccc(-c2ccc(CC)cc2)c(F)c1F. The molecule has 6 aromatic carbocycles. The minimum absolute atomic E-state index is 0.0450. The van der Waals surface area contributed by atoms with Gasteiger partial charge >= 0.3 is 0 Å². The molecule has 6 rings (SSSR count). The molecule has 0 amide bonds. The smallest absolute Gasteiger partial charge is 0.201 e. The van der Waals surface area contributed by atoms with Crippen LogP contribution < -0.4 is 19.5 Å². The van der Waals surface area contributed by atoms with Gasteiger partial charge in [-0.1, -0.05) is 113 Å². The van der Waals surface area contributed by atoms with E-state index in [4.69, 9.17) is 14.2 Å². The van der Waals surface area contributed by atoms with Crippen LogP contribution in [0.1, 0.15) is 83.9 Å². The summed E-state index contributed by atoms with van der Waals surface area (Å²) < 4.78 is 85.3. The summed E-state index contributed by atoms with van der Waals surface area (Å²) in [5, 5.41) is 0.560. The lowest BCUT2D eigenvalue weighted by atomic mass is 10.0. The maximum atomic E-state index is 14.3. The molecule has 0 aliphatic carbocycles. The molecule has 0 bridgehead atoms. The maximum absolute atomic E-state index is 14.3. The van der Waals surface area contributed by atoms with Crippen molar-refractivity contribution in [2.75, 3.05) is 19.8 Å². The fourth-order valence-corrected chi connectivity index (χ4v) is 7.03. The second-order valence-corrected chi connectivity index (χ2v) is 14.8. The number of rotatable bonds is 16. The summed E-state index contributed by atoms with van der Waals surface area (Å²) in [6, 6.07) is 33.1. The molecule has 324 valence electrons. The Labute approximate surface area is 361 Å². The minimum atomic E-state index is -0.932. The van der Waals surface area contributed by atoms with Crippen molar-refractivity contribution in [1.29, 1.82) is 0 Å². The van der Waals surface area contributed by atoms with Crippen LogP contribution in [0.5, 0.6) is 17.2 Å². The second kappa shape index (κ2) is 24.9. The summed E-state index contributed by atoms with van der Waals surface area (Å²) in [5.74, 6) is -3.66. The number of aryl methyl sites for hydroxylation is 3. The van der Waals surface area contributed by atoms with Crippen LogP contribution in [0.4, 0.5) is 22.0 Å². The molecule has 0 fully saturated rings. The highest BCUT2D eigenvalue weighted by molar-refractivity contribution is 7.28. The predicted molar refractivity (Wildman–Crippen MR) is 245 cm³/mol. The van der Waals surface area contributed by atoms with E-state index in [0.717, 1.165) is 42.4 Å².